The molecule has 22 heavy (non-hydrogen) atoms. The van der Waals surface area contributed by atoms with Crippen molar-refractivity contribution in [2.75, 3.05) is 5.32 Å². The molecule has 4 heteroatoms. The van der Waals surface area contributed by atoms with Crippen LogP contribution in [0.2, 0.25) is 0 Å². The van der Waals surface area contributed by atoms with E-state index in [-0.39, 0.29) is 17.5 Å². The Hall–Kier alpha value is -2.88. The standard InChI is InChI=1S/C18H18N2O2/c1-13-8-6-7-11-16(13)20-18(22)17(19-14(2)21)12-15-9-4-3-5-10-15/h3-12H,1-2H3,(H,19,21)(H,20,22)/b17-12+. The number of amides is 2. The molecule has 0 atom stereocenters. The van der Waals surface area contributed by atoms with Crippen molar-refractivity contribution in [1.29, 1.82) is 0 Å². The van der Waals surface area contributed by atoms with Crippen molar-refractivity contribution < 1.29 is 9.59 Å². The first-order chi connectivity index (χ1) is 10.6. The molecule has 0 heterocycles. The number of hydrogen-bond donors (Lipinski definition) is 2. The Morgan fingerprint density at radius 2 is 1.59 bits per heavy atom. The van der Waals surface area contributed by atoms with Gasteiger partial charge in [0.15, 0.2) is 0 Å². The number of anilines is 1. The van der Waals surface area contributed by atoms with E-state index < -0.39 is 0 Å². The molecule has 0 saturated carbocycles. The van der Waals surface area contributed by atoms with Gasteiger partial charge in [-0.3, -0.25) is 9.59 Å². The van der Waals surface area contributed by atoms with Crippen LogP contribution in [0.3, 0.4) is 0 Å². The average Bonchev–Trinajstić information content (AvgIpc) is 2.49. The summed E-state index contributed by atoms with van der Waals surface area (Å²) in [6, 6.07) is 16.8. The molecule has 0 spiro atoms. The molecule has 2 rings (SSSR count). The highest BCUT2D eigenvalue weighted by Crippen LogP contribution is 2.14. The third kappa shape index (κ3) is 4.31. The van der Waals surface area contributed by atoms with Crippen molar-refractivity contribution in [3.8, 4) is 0 Å². The summed E-state index contributed by atoms with van der Waals surface area (Å²) in [5.41, 5.74) is 2.72. The number of aryl methyl sites for hydroxylation is 1. The average molecular weight is 294 g/mol. The van der Waals surface area contributed by atoms with Crippen molar-refractivity contribution in [2.45, 2.75) is 13.8 Å². The zero-order valence-corrected chi connectivity index (χ0v) is 12.6. The molecule has 2 aromatic carbocycles. The molecule has 0 saturated heterocycles. The molecule has 2 aromatic rings. The highest BCUT2D eigenvalue weighted by atomic mass is 16.2. The maximum Gasteiger partial charge on any atom is 0.272 e. The predicted molar refractivity (Wildman–Crippen MR) is 88.0 cm³/mol. The Kier molecular flexibility index (Phi) is 5.09. The minimum atomic E-state index is -0.353. The molecule has 0 radical (unpaired) electrons. The van der Waals surface area contributed by atoms with Crippen molar-refractivity contribution in [2.24, 2.45) is 0 Å². The Morgan fingerprint density at radius 3 is 2.23 bits per heavy atom. The number of carbonyl (C=O) groups excluding carboxylic acids is 2. The zero-order valence-electron chi connectivity index (χ0n) is 12.6. The number of carbonyl (C=O) groups is 2. The second-order valence-corrected chi connectivity index (χ2v) is 4.92. The first-order valence-electron chi connectivity index (χ1n) is 6.97. The van der Waals surface area contributed by atoms with Crippen LogP contribution in [0.5, 0.6) is 0 Å². The second kappa shape index (κ2) is 7.22. The van der Waals surface area contributed by atoms with Gasteiger partial charge in [-0.25, -0.2) is 0 Å². The molecular weight excluding hydrogens is 276 g/mol. The van der Waals surface area contributed by atoms with Gasteiger partial charge in [0.2, 0.25) is 5.91 Å². The second-order valence-electron chi connectivity index (χ2n) is 4.92. The van der Waals surface area contributed by atoms with Crippen LogP contribution in [0.15, 0.2) is 60.3 Å². The summed E-state index contributed by atoms with van der Waals surface area (Å²) in [6.45, 7) is 3.29. The van der Waals surface area contributed by atoms with E-state index in [1.54, 1.807) is 6.08 Å². The summed E-state index contributed by atoms with van der Waals surface area (Å²) in [5, 5.41) is 5.39. The Balaban J connectivity index is 2.26. The molecule has 2 amide bonds. The van der Waals surface area contributed by atoms with Crippen LogP contribution in [0.4, 0.5) is 5.69 Å². The third-order valence-electron chi connectivity index (χ3n) is 3.06. The molecule has 0 aliphatic rings. The van der Waals surface area contributed by atoms with E-state index in [0.29, 0.717) is 0 Å². The SMILES string of the molecule is CC(=O)N/C(=C/c1ccccc1)C(=O)Nc1ccccc1C. The van der Waals surface area contributed by atoms with Crippen LogP contribution < -0.4 is 10.6 Å². The highest BCUT2D eigenvalue weighted by molar-refractivity contribution is 6.08. The number of nitrogens with one attached hydrogen (secondary N) is 2. The summed E-state index contributed by atoms with van der Waals surface area (Å²) in [5.74, 6) is -0.643. The Labute approximate surface area is 129 Å². The predicted octanol–water partition coefficient (Wildman–Crippen LogP) is 3.11. The van der Waals surface area contributed by atoms with Gasteiger partial charge < -0.3 is 10.6 Å². The maximum absolute atomic E-state index is 12.4. The normalized spacial score (nSPS) is 10.9. The van der Waals surface area contributed by atoms with Gasteiger partial charge in [0, 0.05) is 12.6 Å². The quantitative estimate of drug-likeness (QED) is 0.851. The molecule has 4 nitrogen and oxygen atoms in total. The van der Waals surface area contributed by atoms with E-state index in [0.717, 1.165) is 16.8 Å². The van der Waals surface area contributed by atoms with E-state index in [1.165, 1.54) is 6.92 Å². The minimum absolute atomic E-state index is 0.210. The molecule has 0 aliphatic carbocycles. The maximum atomic E-state index is 12.4. The van der Waals surface area contributed by atoms with Crippen molar-refractivity contribution in [3.63, 3.8) is 0 Å². The van der Waals surface area contributed by atoms with Crippen LogP contribution >= 0.6 is 0 Å². The number of rotatable bonds is 4. The van der Waals surface area contributed by atoms with Crippen LogP contribution in [0.1, 0.15) is 18.1 Å². The third-order valence-corrected chi connectivity index (χ3v) is 3.06. The van der Waals surface area contributed by atoms with Crippen LogP contribution in [-0.4, -0.2) is 11.8 Å². The van der Waals surface area contributed by atoms with Crippen LogP contribution in [0.25, 0.3) is 6.08 Å². The fourth-order valence-corrected chi connectivity index (χ4v) is 1.97. The van der Waals surface area contributed by atoms with E-state index in [4.69, 9.17) is 0 Å². The number of para-hydroxylation sites is 1. The lowest BCUT2D eigenvalue weighted by Crippen LogP contribution is -2.29. The lowest BCUT2D eigenvalue weighted by Gasteiger charge is -2.11. The molecule has 0 fully saturated rings. The van der Waals surface area contributed by atoms with E-state index >= 15 is 0 Å². The molecule has 0 unspecified atom stereocenters. The molecule has 0 aromatic heterocycles. The summed E-state index contributed by atoms with van der Waals surface area (Å²) >= 11 is 0. The summed E-state index contributed by atoms with van der Waals surface area (Å²) in [7, 11) is 0. The number of benzene rings is 2. The molecule has 2 N–H and O–H groups in total. The van der Waals surface area contributed by atoms with Gasteiger partial charge in [0.1, 0.15) is 5.70 Å². The lowest BCUT2D eigenvalue weighted by atomic mass is 10.1. The fraction of sp³-hybridized carbons (Fsp3) is 0.111. The zero-order chi connectivity index (χ0) is 15.9. The van der Waals surface area contributed by atoms with E-state index in [1.807, 2.05) is 61.5 Å². The van der Waals surface area contributed by atoms with Crippen molar-refractivity contribution in [1.82, 2.24) is 5.32 Å². The topological polar surface area (TPSA) is 58.2 Å². The highest BCUT2D eigenvalue weighted by Gasteiger charge is 2.12. The lowest BCUT2D eigenvalue weighted by molar-refractivity contribution is -0.120. The van der Waals surface area contributed by atoms with Gasteiger partial charge in [0.25, 0.3) is 5.91 Å². The summed E-state index contributed by atoms with van der Waals surface area (Å²) < 4.78 is 0. The van der Waals surface area contributed by atoms with Gasteiger partial charge in [-0.2, -0.15) is 0 Å². The molecule has 112 valence electrons. The van der Waals surface area contributed by atoms with E-state index in [9.17, 15) is 9.59 Å². The summed E-state index contributed by atoms with van der Waals surface area (Å²) in [4.78, 5) is 23.7. The smallest absolute Gasteiger partial charge is 0.272 e. The Morgan fingerprint density at radius 1 is 0.955 bits per heavy atom. The summed E-state index contributed by atoms with van der Waals surface area (Å²) in [6.07, 6.45) is 1.65. The molecule has 0 bridgehead atoms. The van der Waals surface area contributed by atoms with Crippen molar-refractivity contribution >= 4 is 23.6 Å². The minimum Gasteiger partial charge on any atom is -0.322 e. The van der Waals surface area contributed by atoms with E-state index in [2.05, 4.69) is 10.6 Å². The van der Waals surface area contributed by atoms with Crippen LogP contribution in [0, 0.1) is 6.92 Å². The molecular formula is C18H18N2O2. The van der Waals surface area contributed by atoms with Gasteiger partial charge in [-0.15, -0.1) is 0 Å². The van der Waals surface area contributed by atoms with Crippen molar-refractivity contribution in [3.05, 3.63) is 71.4 Å². The van der Waals surface area contributed by atoms with Gasteiger partial charge >= 0.3 is 0 Å². The van der Waals surface area contributed by atoms with Gasteiger partial charge in [-0.1, -0.05) is 48.5 Å². The van der Waals surface area contributed by atoms with Gasteiger partial charge in [0.05, 0.1) is 0 Å². The fourth-order valence-electron chi connectivity index (χ4n) is 1.97. The van der Waals surface area contributed by atoms with Gasteiger partial charge in [-0.05, 0) is 30.2 Å². The largest absolute Gasteiger partial charge is 0.322 e. The molecule has 0 aliphatic heterocycles. The first kappa shape index (κ1) is 15.5. The monoisotopic (exact) mass is 294 g/mol. The first-order valence-corrected chi connectivity index (χ1v) is 6.97. The number of hydrogen-bond acceptors (Lipinski definition) is 2. The van der Waals surface area contributed by atoms with Crippen LogP contribution in [-0.2, 0) is 9.59 Å². The Bertz CT molecular complexity index is 706.